The molecule has 1 N–H and O–H groups in total. The summed E-state index contributed by atoms with van der Waals surface area (Å²) in [5.74, 6) is -0.724. The van der Waals surface area contributed by atoms with Gasteiger partial charge in [0.2, 0.25) is 0 Å². The van der Waals surface area contributed by atoms with Crippen LogP contribution in [0, 0.1) is 5.92 Å². The van der Waals surface area contributed by atoms with Gasteiger partial charge < -0.3 is 5.11 Å². The van der Waals surface area contributed by atoms with Crippen molar-refractivity contribution >= 4 is 16.2 Å². The van der Waals surface area contributed by atoms with E-state index in [4.69, 9.17) is 0 Å². The van der Waals surface area contributed by atoms with E-state index in [9.17, 15) is 18.3 Å². The summed E-state index contributed by atoms with van der Waals surface area (Å²) >= 11 is 0. The predicted octanol–water partition coefficient (Wildman–Crippen LogP) is 1.68. The smallest absolute Gasteiger partial charge is 0.322 e. The van der Waals surface area contributed by atoms with E-state index in [1.54, 1.807) is 0 Å². The molecule has 122 valence electrons. The van der Waals surface area contributed by atoms with Crippen LogP contribution in [0.5, 0.6) is 0 Å². The lowest BCUT2D eigenvalue weighted by molar-refractivity contribution is -0.143. The van der Waals surface area contributed by atoms with Crippen LogP contribution >= 0.6 is 0 Å². The van der Waals surface area contributed by atoms with Crippen molar-refractivity contribution in [2.24, 2.45) is 5.92 Å². The van der Waals surface area contributed by atoms with Gasteiger partial charge in [-0.15, -0.1) is 0 Å². The Labute approximate surface area is 127 Å². The van der Waals surface area contributed by atoms with Crippen LogP contribution in [0.2, 0.25) is 0 Å². The van der Waals surface area contributed by atoms with Crippen molar-refractivity contribution in [3.05, 3.63) is 0 Å². The number of rotatable bonds is 4. The highest BCUT2D eigenvalue weighted by atomic mass is 32.2. The third-order valence-electron chi connectivity index (χ3n) is 4.86. The normalized spacial score (nSPS) is 33.0. The molecule has 6 nitrogen and oxygen atoms in total. The Kier molecular flexibility index (Phi) is 5.27. The maximum atomic E-state index is 12.8. The minimum Gasteiger partial charge on any atom is -0.480 e. The largest absolute Gasteiger partial charge is 0.480 e. The first-order chi connectivity index (χ1) is 9.87. The molecule has 2 aliphatic rings. The molecule has 0 aromatic carbocycles. The molecule has 0 bridgehead atoms. The van der Waals surface area contributed by atoms with Crippen molar-refractivity contribution in [1.29, 1.82) is 0 Å². The van der Waals surface area contributed by atoms with Gasteiger partial charge in [-0.3, -0.25) is 4.79 Å². The molecule has 2 heterocycles. The highest BCUT2D eigenvalue weighted by molar-refractivity contribution is 7.86. The topological polar surface area (TPSA) is 77.9 Å². The minimum absolute atomic E-state index is 0.0397. The molecular weight excluding hydrogens is 292 g/mol. The Balaban J connectivity index is 2.22. The highest BCUT2D eigenvalue weighted by Gasteiger charge is 2.43. The van der Waals surface area contributed by atoms with Gasteiger partial charge in [0.1, 0.15) is 6.04 Å². The zero-order valence-electron chi connectivity index (χ0n) is 12.9. The Hall–Kier alpha value is -0.660. The number of hydrogen-bond acceptors (Lipinski definition) is 3. The number of carboxylic acid groups (broad SMARTS) is 1. The second kappa shape index (κ2) is 6.62. The molecule has 2 rings (SSSR count). The minimum atomic E-state index is -3.67. The first kappa shape index (κ1) is 16.7. The number of carbonyl (C=O) groups is 1. The van der Waals surface area contributed by atoms with E-state index in [0.29, 0.717) is 25.4 Å². The summed E-state index contributed by atoms with van der Waals surface area (Å²) < 4.78 is 28.4. The zero-order chi connectivity index (χ0) is 15.6. The lowest BCUT2D eigenvalue weighted by atomic mass is 9.90. The Bertz CT molecular complexity index is 479. The second-order valence-electron chi connectivity index (χ2n) is 6.23. The van der Waals surface area contributed by atoms with E-state index in [1.165, 1.54) is 8.61 Å². The van der Waals surface area contributed by atoms with Crippen molar-refractivity contribution in [3.8, 4) is 0 Å². The molecule has 0 aromatic heterocycles. The SMILES string of the molecule is CCC1CCN(S(=O)(=O)N2CCCCC2C)C(C(=O)O)C1. The van der Waals surface area contributed by atoms with Gasteiger partial charge in [-0.05, 0) is 38.5 Å². The third-order valence-corrected chi connectivity index (χ3v) is 7.02. The monoisotopic (exact) mass is 318 g/mol. The van der Waals surface area contributed by atoms with Crippen molar-refractivity contribution in [1.82, 2.24) is 8.61 Å². The molecule has 0 saturated carbocycles. The van der Waals surface area contributed by atoms with Crippen molar-refractivity contribution in [2.45, 2.75) is 64.5 Å². The summed E-state index contributed by atoms with van der Waals surface area (Å²) in [5.41, 5.74) is 0. The van der Waals surface area contributed by atoms with Crippen LogP contribution in [0.4, 0.5) is 0 Å². The summed E-state index contributed by atoms with van der Waals surface area (Å²) in [6, 6.07) is -0.954. The molecule has 2 fully saturated rings. The fraction of sp³-hybridized carbons (Fsp3) is 0.929. The molecule has 2 saturated heterocycles. The summed E-state index contributed by atoms with van der Waals surface area (Å²) in [6.07, 6.45) is 4.81. The van der Waals surface area contributed by atoms with Gasteiger partial charge in [0.25, 0.3) is 10.2 Å². The van der Waals surface area contributed by atoms with Gasteiger partial charge in [-0.1, -0.05) is 19.8 Å². The molecule has 0 amide bonds. The lowest BCUT2D eigenvalue weighted by Gasteiger charge is -2.41. The van der Waals surface area contributed by atoms with Gasteiger partial charge in [0, 0.05) is 19.1 Å². The van der Waals surface area contributed by atoms with Gasteiger partial charge in [-0.25, -0.2) is 0 Å². The van der Waals surface area contributed by atoms with Crippen LogP contribution in [0.3, 0.4) is 0 Å². The third kappa shape index (κ3) is 3.40. The van der Waals surface area contributed by atoms with E-state index in [-0.39, 0.29) is 6.04 Å². The average molecular weight is 318 g/mol. The Morgan fingerprint density at radius 3 is 2.48 bits per heavy atom. The molecule has 0 aromatic rings. The van der Waals surface area contributed by atoms with Crippen LogP contribution in [-0.2, 0) is 15.0 Å². The second-order valence-corrected chi connectivity index (χ2v) is 8.06. The molecule has 0 aliphatic carbocycles. The molecule has 0 spiro atoms. The van der Waals surface area contributed by atoms with Crippen molar-refractivity contribution in [2.75, 3.05) is 13.1 Å². The van der Waals surface area contributed by atoms with Crippen LogP contribution < -0.4 is 0 Å². The quantitative estimate of drug-likeness (QED) is 0.855. The van der Waals surface area contributed by atoms with Crippen molar-refractivity contribution < 1.29 is 18.3 Å². The summed E-state index contributed by atoms with van der Waals surface area (Å²) in [5, 5.41) is 9.42. The van der Waals surface area contributed by atoms with Gasteiger partial charge >= 0.3 is 5.97 Å². The van der Waals surface area contributed by atoms with Crippen LogP contribution in [0.15, 0.2) is 0 Å². The maximum absolute atomic E-state index is 12.8. The molecule has 2 aliphatic heterocycles. The Morgan fingerprint density at radius 2 is 1.90 bits per heavy atom. The summed E-state index contributed by atoms with van der Waals surface area (Å²) in [4.78, 5) is 11.5. The molecule has 3 atom stereocenters. The number of carboxylic acids is 1. The lowest BCUT2D eigenvalue weighted by Crippen LogP contribution is -2.57. The molecule has 3 unspecified atom stereocenters. The number of aliphatic carboxylic acids is 1. The predicted molar refractivity (Wildman–Crippen MR) is 80.1 cm³/mol. The first-order valence-electron chi connectivity index (χ1n) is 7.89. The zero-order valence-corrected chi connectivity index (χ0v) is 13.7. The van der Waals surface area contributed by atoms with Crippen molar-refractivity contribution in [3.63, 3.8) is 0 Å². The van der Waals surface area contributed by atoms with Gasteiger partial charge in [0.15, 0.2) is 0 Å². The van der Waals surface area contributed by atoms with E-state index in [0.717, 1.165) is 32.1 Å². The van der Waals surface area contributed by atoms with E-state index >= 15 is 0 Å². The fourth-order valence-electron chi connectivity index (χ4n) is 3.44. The first-order valence-corrected chi connectivity index (χ1v) is 9.29. The molecule has 21 heavy (non-hydrogen) atoms. The van der Waals surface area contributed by atoms with Crippen LogP contribution in [0.1, 0.15) is 52.4 Å². The van der Waals surface area contributed by atoms with Crippen LogP contribution in [0.25, 0.3) is 0 Å². The number of nitrogens with zero attached hydrogens (tertiary/aromatic N) is 2. The van der Waals surface area contributed by atoms with Crippen LogP contribution in [-0.4, -0.2) is 53.3 Å². The summed E-state index contributed by atoms with van der Waals surface area (Å²) in [7, 11) is -3.67. The van der Waals surface area contributed by atoms with Gasteiger partial charge in [0.05, 0.1) is 0 Å². The Morgan fingerprint density at radius 1 is 1.19 bits per heavy atom. The van der Waals surface area contributed by atoms with E-state index in [1.807, 2.05) is 13.8 Å². The molecule has 0 radical (unpaired) electrons. The fourth-order valence-corrected chi connectivity index (χ4v) is 5.46. The number of hydrogen-bond donors (Lipinski definition) is 1. The summed E-state index contributed by atoms with van der Waals surface area (Å²) in [6.45, 7) is 4.76. The van der Waals surface area contributed by atoms with E-state index in [2.05, 4.69) is 0 Å². The van der Waals surface area contributed by atoms with Gasteiger partial charge in [-0.2, -0.15) is 17.0 Å². The van der Waals surface area contributed by atoms with E-state index < -0.39 is 22.2 Å². The highest BCUT2D eigenvalue weighted by Crippen LogP contribution is 2.31. The maximum Gasteiger partial charge on any atom is 0.322 e. The standard InChI is InChI=1S/C14H26N2O4S/c1-3-12-7-9-16(13(10-12)14(17)18)21(19,20)15-8-5-4-6-11(15)2/h11-13H,3-10H2,1-2H3,(H,17,18). The molecule has 7 heteroatoms. The number of piperidine rings is 2. The average Bonchev–Trinajstić information content (AvgIpc) is 2.46. The molecular formula is C14H26N2O4S.